The molecular formula is C13H16ClF3N2. The van der Waals surface area contributed by atoms with E-state index in [1.54, 1.807) is 6.07 Å². The minimum Gasteiger partial charge on any atom is -0.315 e. The molecule has 1 heterocycles. The van der Waals surface area contributed by atoms with Crippen LogP contribution in [0.2, 0.25) is 5.02 Å². The van der Waals surface area contributed by atoms with Crippen LogP contribution in [-0.2, 0) is 12.7 Å². The smallest absolute Gasteiger partial charge is 0.315 e. The summed E-state index contributed by atoms with van der Waals surface area (Å²) in [6.07, 6.45) is -3.38. The first-order chi connectivity index (χ1) is 8.97. The molecule has 1 N–H and O–H groups in total. The lowest BCUT2D eigenvalue weighted by Gasteiger charge is -2.20. The number of rotatable bonds is 2. The molecule has 0 aromatic heterocycles. The Labute approximate surface area is 115 Å². The summed E-state index contributed by atoms with van der Waals surface area (Å²) in [5.74, 6) is 0. The second-order valence-electron chi connectivity index (χ2n) is 4.69. The van der Waals surface area contributed by atoms with Gasteiger partial charge in [0.25, 0.3) is 0 Å². The van der Waals surface area contributed by atoms with Gasteiger partial charge in [-0.2, -0.15) is 13.2 Å². The van der Waals surface area contributed by atoms with Crippen LogP contribution < -0.4 is 5.32 Å². The molecule has 0 spiro atoms. The lowest BCUT2D eigenvalue weighted by molar-refractivity contribution is -0.137. The molecule has 2 rings (SSSR count). The maximum Gasteiger partial charge on any atom is 0.417 e. The number of benzene rings is 1. The number of halogens is 4. The number of nitrogens with zero attached hydrogens (tertiary/aromatic N) is 1. The van der Waals surface area contributed by atoms with Crippen molar-refractivity contribution in [2.24, 2.45) is 0 Å². The molecule has 0 aliphatic carbocycles. The van der Waals surface area contributed by atoms with Gasteiger partial charge in [0.05, 0.1) is 10.6 Å². The van der Waals surface area contributed by atoms with Gasteiger partial charge in [-0.25, -0.2) is 0 Å². The zero-order chi connectivity index (χ0) is 13.9. The second kappa shape index (κ2) is 6.11. The van der Waals surface area contributed by atoms with E-state index < -0.39 is 11.7 Å². The molecule has 0 atom stereocenters. The summed E-state index contributed by atoms with van der Waals surface area (Å²) in [7, 11) is 0. The average molecular weight is 293 g/mol. The highest BCUT2D eigenvalue weighted by atomic mass is 35.5. The fraction of sp³-hybridized carbons (Fsp3) is 0.538. The number of nitrogens with one attached hydrogen (secondary N) is 1. The van der Waals surface area contributed by atoms with Crippen molar-refractivity contribution in [3.8, 4) is 0 Å². The van der Waals surface area contributed by atoms with Gasteiger partial charge in [0.15, 0.2) is 0 Å². The summed E-state index contributed by atoms with van der Waals surface area (Å²) in [4.78, 5) is 2.16. The van der Waals surface area contributed by atoms with Crippen LogP contribution in [0.3, 0.4) is 0 Å². The van der Waals surface area contributed by atoms with Crippen LogP contribution >= 0.6 is 11.6 Å². The normalized spacial score (nSPS) is 18.3. The van der Waals surface area contributed by atoms with Crippen LogP contribution in [0.5, 0.6) is 0 Å². The first kappa shape index (κ1) is 14.6. The highest BCUT2D eigenvalue weighted by Gasteiger charge is 2.33. The van der Waals surface area contributed by atoms with Crippen molar-refractivity contribution in [1.29, 1.82) is 0 Å². The van der Waals surface area contributed by atoms with Crippen molar-refractivity contribution in [2.75, 3.05) is 26.2 Å². The minimum atomic E-state index is -4.40. The molecule has 0 amide bonds. The monoisotopic (exact) mass is 292 g/mol. The molecule has 19 heavy (non-hydrogen) atoms. The zero-order valence-corrected chi connectivity index (χ0v) is 11.2. The van der Waals surface area contributed by atoms with E-state index >= 15 is 0 Å². The Balaban J connectivity index is 2.12. The molecule has 1 aliphatic rings. The summed E-state index contributed by atoms with van der Waals surface area (Å²) in [5, 5.41) is 3.02. The van der Waals surface area contributed by atoms with Gasteiger partial charge in [0, 0.05) is 19.6 Å². The molecule has 0 bridgehead atoms. The van der Waals surface area contributed by atoms with Crippen LogP contribution in [0.4, 0.5) is 13.2 Å². The maximum absolute atomic E-state index is 12.8. The quantitative estimate of drug-likeness (QED) is 0.901. The fourth-order valence-corrected chi connectivity index (χ4v) is 2.43. The van der Waals surface area contributed by atoms with E-state index in [2.05, 4.69) is 10.2 Å². The summed E-state index contributed by atoms with van der Waals surface area (Å²) in [6, 6.07) is 4.15. The average Bonchev–Trinajstić information content (AvgIpc) is 2.59. The van der Waals surface area contributed by atoms with Gasteiger partial charge in [-0.05, 0) is 37.2 Å². The maximum atomic E-state index is 12.8. The first-order valence-corrected chi connectivity index (χ1v) is 6.63. The van der Waals surface area contributed by atoms with Gasteiger partial charge < -0.3 is 5.32 Å². The van der Waals surface area contributed by atoms with Gasteiger partial charge in [0.1, 0.15) is 0 Å². The van der Waals surface area contributed by atoms with E-state index in [-0.39, 0.29) is 5.02 Å². The summed E-state index contributed by atoms with van der Waals surface area (Å²) in [5.41, 5.74) is -0.0989. The number of hydrogen-bond donors (Lipinski definition) is 1. The molecule has 6 heteroatoms. The Morgan fingerprint density at radius 1 is 1.21 bits per heavy atom. The van der Waals surface area contributed by atoms with Crippen molar-refractivity contribution in [1.82, 2.24) is 10.2 Å². The topological polar surface area (TPSA) is 15.3 Å². The van der Waals surface area contributed by atoms with E-state index in [1.807, 2.05) is 0 Å². The van der Waals surface area contributed by atoms with E-state index in [4.69, 9.17) is 11.6 Å². The number of hydrogen-bond acceptors (Lipinski definition) is 2. The Hall–Kier alpha value is -0.780. The summed E-state index contributed by atoms with van der Waals surface area (Å²) in [6.45, 7) is 4.12. The third-order valence-corrected chi connectivity index (χ3v) is 3.50. The molecule has 0 saturated carbocycles. The molecule has 106 valence electrons. The third kappa shape index (κ3) is 4.09. The van der Waals surface area contributed by atoms with Crippen molar-refractivity contribution in [2.45, 2.75) is 19.1 Å². The van der Waals surface area contributed by atoms with E-state index in [0.29, 0.717) is 12.1 Å². The van der Waals surface area contributed by atoms with Crippen molar-refractivity contribution < 1.29 is 13.2 Å². The van der Waals surface area contributed by atoms with Crippen LogP contribution in [0.1, 0.15) is 17.5 Å². The Kier molecular flexibility index (Phi) is 4.71. The van der Waals surface area contributed by atoms with E-state index in [9.17, 15) is 13.2 Å². The summed E-state index contributed by atoms with van der Waals surface area (Å²) < 4.78 is 38.3. The predicted octanol–water partition coefficient (Wildman–Crippen LogP) is 3.15. The molecular weight excluding hydrogens is 277 g/mol. The summed E-state index contributed by atoms with van der Waals surface area (Å²) >= 11 is 5.61. The van der Waals surface area contributed by atoms with Gasteiger partial charge in [-0.15, -0.1) is 0 Å². The third-order valence-electron chi connectivity index (χ3n) is 3.18. The second-order valence-corrected chi connectivity index (χ2v) is 5.10. The molecule has 0 radical (unpaired) electrons. The largest absolute Gasteiger partial charge is 0.417 e. The fourth-order valence-electron chi connectivity index (χ4n) is 2.21. The molecule has 1 saturated heterocycles. The lowest BCUT2D eigenvalue weighted by atomic mass is 10.1. The van der Waals surface area contributed by atoms with Crippen LogP contribution in [0.15, 0.2) is 18.2 Å². The molecule has 0 unspecified atom stereocenters. The molecule has 1 aliphatic heterocycles. The van der Waals surface area contributed by atoms with Crippen molar-refractivity contribution >= 4 is 11.6 Å². The van der Waals surface area contributed by atoms with Crippen LogP contribution in [0, 0.1) is 0 Å². The standard InChI is InChI=1S/C13H16ClF3N2/c14-12-3-2-10(8-11(12)13(15,16)17)9-19-6-1-4-18-5-7-19/h2-3,8,18H,1,4-7,9H2. The first-order valence-electron chi connectivity index (χ1n) is 6.25. The Morgan fingerprint density at radius 2 is 2.00 bits per heavy atom. The highest BCUT2D eigenvalue weighted by Crippen LogP contribution is 2.35. The SMILES string of the molecule is FC(F)(F)c1cc(CN2CCCNCC2)ccc1Cl. The van der Waals surface area contributed by atoms with Gasteiger partial charge in [-0.3, -0.25) is 4.90 Å². The highest BCUT2D eigenvalue weighted by molar-refractivity contribution is 6.31. The number of alkyl halides is 3. The van der Waals surface area contributed by atoms with Crippen LogP contribution in [0.25, 0.3) is 0 Å². The molecule has 1 aromatic rings. The lowest BCUT2D eigenvalue weighted by Crippen LogP contribution is -2.27. The molecule has 1 fully saturated rings. The van der Waals surface area contributed by atoms with Gasteiger partial charge in [-0.1, -0.05) is 17.7 Å². The molecule has 2 nitrogen and oxygen atoms in total. The molecule has 1 aromatic carbocycles. The van der Waals surface area contributed by atoms with Gasteiger partial charge in [0.2, 0.25) is 0 Å². The van der Waals surface area contributed by atoms with E-state index in [1.165, 1.54) is 6.07 Å². The van der Waals surface area contributed by atoms with Crippen molar-refractivity contribution in [3.63, 3.8) is 0 Å². The van der Waals surface area contributed by atoms with Crippen LogP contribution in [-0.4, -0.2) is 31.1 Å². The zero-order valence-electron chi connectivity index (χ0n) is 10.4. The Morgan fingerprint density at radius 3 is 2.74 bits per heavy atom. The minimum absolute atomic E-state index is 0.242. The predicted molar refractivity (Wildman–Crippen MR) is 69.2 cm³/mol. The van der Waals surface area contributed by atoms with E-state index in [0.717, 1.165) is 38.7 Å². The van der Waals surface area contributed by atoms with Crippen molar-refractivity contribution in [3.05, 3.63) is 34.3 Å². The Bertz CT molecular complexity index is 426. The van der Waals surface area contributed by atoms with Gasteiger partial charge >= 0.3 is 6.18 Å².